The molecule has 1 unspecified atom stereocenters. The van der Waals surface area contributed by atoms with Gasteiger partial charge in [-0.05, 0) is 31.6 Å². The first-order valence-electron chi connectivity index (χ1n) is 7.22. The average Bonchev–Trinajstić information content (AvgIpc) is 3.10. The van der Waals surface area contributed by atoms with Crippen molar-refractivity contribution in [3.8, 4) is 0 Å². The molecule has 116 valence electrons. The molecule has 1 saturated heterocycles. The maximum atomic E-state index is 11.4. The Kier molecular flexibility index (Phi) is 3.58. The number of carboxylic acids is 2. The van der Waals surface area contributed by atoms with Gasteiger partial charge in [-0.1, -0.05) is 6.92 Å². The Morgan fingerprint density at radius 3 is 2.73 bits per heavy atom. The van der Waals surface area contributed by atoms with E-state index in [1.807, 2.05) is 0 Å². The van der Waals surface area contributed by atoms with E-state index in [0.717, 1.165) is 26.1 Å². The van der Waals surface area contributed by atoms with E-state index in [1.54, 1.807) is 10.6 Å². The lowest BCUT2D eigenvalue weighted by Gasteiger charge is -2.12. The molecule has 0 aliphatic carbocycles. The van der Waals surface area contributed by atoms with Crippen LogP contribution in [0.2, 0.25) is 0 Å². The molecule has 7 nitrogen and oxygen atoms in total. The van der Waals surface area contributed by atoms with Gasteiger partial charge in [0.05, 0.1) is 11.1 Å². The first kappa shape index (κ1) is 14.5. The lowest BCUT2D eigenvalue weighted by atomic mass is 10.1. The van der Waals surface area contributed by atoms with Crippen molar-refractivity contribution in [1.29, 1.82) is 0 Å². The molecule has 0 saturated carbocycles. The van der Waals surface area contributed by atoms with Gasteiger partial charge in [0.2, 0.25) is 0 Å². The van der Waals surface area contributed by atoms with Gasteiger partial charge in [-0.25, -0.2) is 14.6 Å². The van der Waals surface area contributed by atoms with Gasteiger partial charge in [0, 0.05) is 18.7 Å². The third kappa shape index (κ3) is 2.33. The highest BCUT2D eigenvalue weighted by atomic mass is 16.4. The SMILES string of the molecule is CCN1CCC(c2nc(C(=O)O)c3cc(C(=O)O)ccn23)C1. The van der Waals surface area contributed by atoms with Gasteiger partial charge in [-0.3, -0.25) is 0 Å². The van der Waals surface area contributed by atoms with Gasteiger partial charge in [0.25, 0.3) is 0 Å². The largest absolute Gasteiger partial charge is 0.478 e. The highest BCUT2D eigenvalue weighted by molar-refractivity contribution is 5.96. The predicted molar refractivity (Wildman–Crippen MR) is 78.6 cm³/mol. The zero-order chi connectivity index (χ0) is 15.9. The molecule has 1 aliphatic rings. The van der Waals surface area contributed by atoms with Gasteiger partial charge in [0.15, 0.2) is 5.69 Å². The summed E-state index contributed by atoms with van der Waals surface area (Å²) in [7, 11) is 0. The van der Waals surface area contributed by atoms with Crippen molar-refractivity contribution in [2.45, 2.75) is 19.3 Å². The van der Waals surface area contributed by atoms with Crippen LogP contribution in [0.4, 0.5) is 0 Å². The number of hydrogen-bond acceptors (Lipinski definition) is 4. The van der Waals surface area contributed by atoms with Gasteiger partial charge in [-0.2, -0.15) is 0 Å². The fourth-order valence-corrected chi connectivity index (χ4v) is 3.02. The molecule has 3 heterocycles. The summed E-state index contributed by atoms with van der Waals surface area (Å²) in [6, 6.07) is 2.84. The van der Waals surface area contributed by atoms with Gasteiger partial charge in [0.1, 0.15) is 5.82 Å². The van der Waals surface area contributed by atoms with Crippen LogP contribution in [0.1, 0.15) is 45.9 Å². The van der Waals surface area contributed by atoms with Crippen LogP contribution >= 0.6 is 0 Å². The molecule has 0 radical (unpaired) electrons. The molecule has 0 amide bonds. The zero-order valence-corrected chi connectivity index (χ0v) is 12.2. The maximum absolute atomic E-state index is 11.4. The molecule has 0 aromatic carbocycles. The molecule has 0 spiro atoms. The Hall–Kier alpha value is -2.41. The van der Waals surface area contributed by atoms with Crippen LogP contribution in [0.3, 0.4) is 0 Å². The third-order valence-corrected chi connectivity index (χ3v) is 4.20. The van der Waals surface area contributed by atoms with Crippen LogP contribution in [0.15, 0.2) is 18.3 Å². The number of likely N-dealkylation sites (tertiary alicyclic amines) is 1. The summed E-state index contributed by atoms with van der Waals surface area (Å²) < 4.78 is 1.71. The number of pyridine rings is 1. The number of rotatable bonds is 4. The minimum Gasteiger partial charge on any atom is -0.478 e. The number of aromatic nitrogens is 2. The number of aromatic carboxylic acids is 2. The molecular weight excluding hydrogens is 286 g/mol. The van der Waals surface area contributed by atoms with Crippen LogP contribution < -0.4 is 0 Å². The smallest absolute Gasteiger partial charge is 0.356 e. The summed E-state index contributed by atoms with van der Waals surface area (Å²) in [5.74, 6) is -1.37. The van der Waals surface area contributed by atoms with E-state index < -0.39 is 11.9 Å². The Morgan fingerprint density at radius 1 is 1.36 bits per heavy atom. The molecule has 7 heteroatoms. The van der Waals surface area contributed by atoms with Crippen LogP contribution in [0.25, 0.3) is 5.52 Å². The van der Waals surface area contributed by atoms with Crippen LogP contribution in [-0.2, 0) is 0 Å². The first-order chi connectivity index (χ1) is 10.5. The standard InChI is InChI=1S/C15H17N3O4/c1-2-17-5-3-10(8-17)13-16-12(15(21)22)11-7-9(14(19)20)4-6-18(11)13/h4,6-7,10H,2-3,5,8H2,1H3,(H,19,20)(H,21,22). The van der Waals surface area contributed by atoms with Gasteiger partial charge < -0.3 is 19.5 Å². The molecule has 1 fully saturated rings. The number of carbonyl (C=O) groups is 2. The molecule has 2 N–H and O–H groups in total. The second kappa shape index (κ2) is 5.42. The molecule has 22 heavy (non-hydrogen) atoms. The van der Waals surface area contributed by atoms with E-state index in [4.69, 9.17) is 5.11 Å². The molecule has 1 aliphatic heterocycles. The van der Waals surface area contributed by atoms with E-state index in [-0.39, 0.29) is 17.2 Å². The van der Waals surface area contributed by atoms with Crippen LogP contribution in [0, 0.1) is 0 Å². The average molecular weight is 303 g/mol. The molecule has 2 aromatic heterocycles. The minimum atomic E-state index is -1.14. The summed E-state index contributed by atoms with van der Waals surface area (Å²) in [5, 5.41) is 18.4. The second-order valence-electron chi connectivity index (χ2n) is 5.48. The van der Waals surface area contributed by atoms with E-state index in [9.17, 15) is 14.7 Å². The Morgan fingerprint density at radius 2 is 2.14 bits per heavy atom. The van der Waals surface area contributed by atoms with Gasteiger partial charge in [-0.15, -0.1) is 0 Å². The van der Waals surface area contributed by atoms with Crippen molar-refractivity contribution in [3.63, 3.8) is 0 Å². The summed E-state index contributed by atoms with van der Waals surface area (Å²) in [6.07, 6.45) is 2.52. The van der Waals surface area contributed by atoms with Crippen molar-refractivity contribution in [3.05, 3.63) is 35.4 Å². The summed E-state index contributed by atoms with van der Waals surface area (Å²) in [4.78, 5) is 29.1. The van der Waals surface area contributed by atoms with Crippen molar-refractivity contribution < 1.29 is 19.8 Å². The predicted octanol–water partition coefficient (Wildman–Crippen LogP) is 1.54. The number of likely N-dealkylation sites (N-methyl/N-ethyl adjacent to an activating group) is 1. The lowest BCUT2D eigenvalue weighted by Crippen LogP contribution is -2.19. The number of carboxylic acid groups (broad SMARTS) is 2. The van der Waals surface area contributed by atoms with Crippen LogP contribution in [0.5, 0.6) is 0 Å². The normalized spacial score (nSPS) is 18.9. The van der Waals surface area contributed by atoms with Crippen molar-refractivity contribution in [1.82, 2.24) is 14.3 Å². The Balaban J connectivity index is 2.11. The fraction of sp³-hybridized carbons (Fsp3) is 0.400. The molecule has 1 atom stereocenters. The minimum absolute atomic E-state index is 0.0584. The van der Waals surface area contributed by atoms with Gasteiger partial charge >= 0.3 is 11.9 Å². The Labute approximate surface area is 126 Å². The Bertz CT molecular complexity index is 753. The van der Waals surface area contributed by atoms with E-state index in [2.05, 4.69) is 16.8 Å². The number of fused-ring (bicyclic) bond motifs is 1. The molecule has 0 bridgehead atoms. The first-order valence-corrected chi connectivity index (χ1v) is 7.22. The molecular formula is C15H17N3O4. The lowest BCUT2D eigenvalue weighted by molar-refractivity contribution is 0.0682. The summed E-state index contributed by atoms with van der Waals surface area (Å²) in [5.41, 5.74) is 0.299. The molecule has 3 rings (SSSR count). The summed E-state index contributed by atoms with van der Waals surface area (Å²) in [6.45, 7) is 4.85. The van der Waals surface area contributed by atoms with Crippen LogP contribution in [-0.4, -0.2) is 56.1 Å². The zero-order valence-electron chi connectivity index (χ0n) is 12.2. The fourth-order valence-electron chi connectivity index (χ4n) is 3.02. The van der Waals surface area contributed by atoms with Crippen molar-refractivity contribution in [2.24, 2.45) is 0 Å². The van der Waals surface area contributed by atoms with E-state index in [1.165, 1.54) is 12.1 Å². The quantitative estimate of drug-likeness (QED) is 0.889. The molecule has 2 aromatic rings. The number of nitrogens with zero attached hydrogens (tertiary/aromatic N) is 3. The van der Waals surface area contributed by atoms with Crippen molar-refractivity contribution >= 4 is 17.5 Å². The maximum Gasteiger partial charge on any atom is 0.356 e. The number of hydrogen-bond donors (Lipinski definition) is 2. The summed E-state index contributed by atoms with van der Waals surface area (Å²) >= 11 is 0. The van der Waals surface area contributed by atoms with E-state index >= 15 is 0 Å². The van der Waals surface area contributed by atoms with Crippen molar-refractivity contribution in [2.75, 3.05) is 19.6 Å². The second-order valence-corrected chi connectivity index (χ2v) is 5.48. The monoisotopic (exact) mass is 303 g/mol. The third-order valence-electron chi connectivity index (χ3n) is 4.20. The highest BCUT2D eigenvalue weighted by Crippen LogP contribution is 2.28. The number of imidazole rings is 1. The van der Waals surface area contributed by atoms with E-state index in [0.29, 0.717) is 11.3 Å². The topological polar surface area (TPSA) is 95.1 Å². The highest BCUT2D eigenvalue weighted by Gasteiger charge is 2.28.